The van der Waals surface area contributed by atoms with Crippen molar-refractivity contribution in [3.05, 3.63) is 29.6 Å². The minimum atomic E-state index is -0.148. The zero-order chi connectivity index (χ0) is 13.5. The summed E-state index contributed by atoms with van der Waals surface area (Å²) in [5.74, 6) is 2.98. The maximum absolute atomic E-state index is 13.3. The van der Waals surface area contributed by atoms with E-state index in [2.05, 4.69) is 5.32 Å². The van der Waals surface area contributed by atoms with E-state index in [4.69, 9.17) is 5.11 Å². The van der Waals surface area contributed by atoms with E-state index in [0.717, 1.165) is 42.2 Å². The predicted molar refractivity (Wildman–Crippen MR) is 81.5 cm³/mol. The lowest BCUT2D eigenvalue weighted by atomic mass is 10.0. The SMILES string of the molecule is OCCCSCCNC1CCSc2ccc(F)cc21. The van der Waals surface area contributed by atoms with E-state index in [1.54, 1.807) is 12.1 Å². The minimum absolute atomic E-state index is 0.148. The molecule has 2 N–H and O–H groups in total. The number of hydrogen-bond donors (Lipinski definition) is 2. The molecule has 0 fully saturated rings. The molecule has 1 aromatic rings. The van der Waals surface area contributed by atoms with Crippen LogP contribution in [0.3, 0.4) is 0 Å². The van der Waals surface area contributed by atoms with Gasteiger partial charge in [-0.05, 0) is 48.1 Å². The molecule has 0 amide bonds. The third-order valence-electron chi connectivity index (χ3n) is 3.10. The van der Waals surface area contributed by atoms with Crippen molar-refractivity contribution in [3.8, 4) is 0 Å². The number of benzene rings is 1. The molecule has 0 saturated heterocycles. The maximum atomic E-state index is 13.3. The molecule has 2 rings (SSSR count). The van der Waals surface area contributed by atoms with Crippen LogP contribution in [-0.2, 0) is 0 Å². The molecular formula is C14H20FNOS2. The molecule has 1 aliphatic heterocycles. The van der Waals surface area contributed by atoms with Crippen LogP contribution in [0.2, 0.25) is 0 Å². The summed E-state index contributed by atoms with van der Waals surface area (Å²) < 4.78 is 13.3. The fourth-order valence-electron chi connectivity index (χ4n) is 2.15. The Hall–Kier alpha value is -0.230. The van der Waals surface area contributed by atoms with Crippen molar-refractivity contribution in [2.75, 3.05) is 30.4 Å². The summed E-state index contributed by atoms with van der Waals surface area (Å²) in [6.45, 7) is 1.20. The van der Waals surface area contributed by atoms with Crippen LogP contribution < -0.4 is 5.32 Å². The monoisotopic (exact) mass is 301 g/mol. The van der Waals surface area contributed by atoms with E-state index in [9.17, 15) is 4.39 Å². The topological polar surface area (TPSA) is 32.3 Å². The Balaban J connectivity index is 1.80. The molecule has 19 heavy (non-hydrogen) atoms. The summed E-state index contributed by atoms with van der Waals surface area (Å²) in [6.07, 6.45) is 1.92. The third-order valence-corrected chi connectivity index (χ3v) is 5.29. The second kappa shape index (κ2) is 8.15. The van der Waals surface area contributed by atoms with Crippen LogP contribution in [0.1, 0.15) is 24.4 Å². The van der Waals surface area contributed by atoms with Gasteiger partial charge in [-0.2, -0.15) is 11.8 Å². The van der Waals surface area contributed by atoms with Crippen molar-refractivity contribution in [2.24, 2.45) is 0 Å². The Labute approximate surface area is 122 Å². The number of aliphatic hydroxyl groups is 1. The lowest BCUT2D eigenvalue weighted by Gasteiger charge is -2.26. The highest BCUT2D eigenvalue weighted by Gasteiger charge is 2.20. The fourth-order valence-corrected chi connectivity index (χ4v) is 4.06. The zero-order valence-electron chi connectivity index (χ0n) is 10.9. The molecule has 1 heterocycles. The van der Waals surface area contributed by atoms with Crippen LogP contribution in [0.15, 0.2) is 23.1 Å². The van der Waals surface area contributed by atoms with Crippen LogP contribution in [0, 0.1) is 5.82 Å². The Bertz CT molecular complexity index is 403. The summed E-state index contributed by atoms with van der Waals surface area (Å²) in [5, 5.41) is 12.2. The highest BCUT2D eigenvalue weighted by Crippen LogP contribution is 2.36. The third kappa shape index (κ3) is 4.67. The van der Waals surface area contributed by atoms with Gasteiger partial charge in [0.2, 0.25) is 0 Å². The first kappa shape index (κ1) is 15.2. The van der Waals surface area contributed by atoms with Crippen molar-refractivity contribution in [3.63, 3.8) is 0 Å². The van der Waals surface area contributed by atoms with Crippen LogP contribution in [0.25, 0.3) is 0 Å². The smallest absolute Gasteiger partial charge is 0.123 e. The van der Waals surface area contributed by atoms with E-state index < -0.39 is 0 Å². The van der Waals surface area contributed by atoms with Gasteiger partial charge < -0.3 is 10.4 Å². The van der Waals surface area contributed by atoms with Crippen molar-refractivity contribution in [2.45, 2.75) is 23.8 Å². The lowest BCUT2D eigenvalue weighted by molar-refractivity contribution is 0.296. The van der Waals surface area contributed by atoms with Gasteiger partial charge in [0.15, 0.2) is 0 Å². The molecule has 1 aliphatic rings. The quantitative estimate of drug-likeness (QED) is 0.758. The molecule has 1 unspecified atom stereocenters. The van der Waals surface area contributed by atoms with E-state index in [1.165, 1.54) is 4.90 Å². The molecule has 5 heteroatoms. The largest absolute Gasteiger partial charge is 0.396 e. The Morgan fingerprint density at radius 3 is 3.16 bits per heavy atom. The average molecular weight is 301 g/mol. The fraction of sp³-hybridized carbons (Fsp3) is 0.571. The zero-order valence-corrected chi connectivity index (χ0v) is 12.5. The van der Waals surface area contributed by atoms with E-state index in [1.807, 2.05) is 29.6 Å². The number of hydrogen-bond acceptors (Lipinski definition) is 4. The normalized spacial score (nSPS) is 18.3. The van der Waals surface area contributed by atoms with Gasteiger partial charge >= 0.3 is 0 Å². The summed E-state index contributed by atoms with van der Waals surface area (Å²) in [7, 11) is 0. The standard InChI is InChI=1S/C14H20FNOS2/c15-11-2-3-14-12(10-11)13(4-8-19-14)16-5-9-18-7-1-6-17/h2-3,10,13,16-17H,1,4-9H2. The van der Waals surface area contributed by atoms with E-state index >= 15 is 0 Å². The molecule has 106 valence electrons. The summed E-state index contributed by atoms with van der Waals surface area (Å²) in [5.41, 5.74) is 1.11. The minimum Gasteiger partial charge on any atom is -0.396 e. The molecule has 0 aromatic heterocycles. The van der Waals surface area contributed by atoms with Crippen LogP contribution in [0.5, 0.6) is 0 Å². The lowest BCUT2D eigenvalue weighted by Crippen LogP contribution is -2.26. The Morgan fingerprint density at radius 2 is 2.32 bits per heavy atom. The first-order valence-corrected chi connectivity index (χ1v) is 8.79. The van der Waals surface area contributed by atoms with E-state index in [0.29, 0.717) is 0 Å². The maximum Gasteiger partial charge on any atom is 0.123 e. The molecule has 1 atom stereocenters. The van der Waals surface area contributed by atoms with Crippen molar-refractivity contribution in [1.29, 1.82) is 0 Å². The predicted octanol–water partition coefficient (Wildman–Crippen LogP) is 3.07. The van der Waals surface area contributed by atoms with Gasteiger partial charge in [-0.15, -0.1) is 11.8 Å². The highest BCUT2D eigenvalue weighted by atomic mass is 32.2. The van der Waals surface area contributed by atoms with E-state index in [-0.39, 0.29) is 18.5 Å². The number of nitrogens with one attached hydrogen (secondary N) is 1. The molecule has 0 radical (unpaired) electrons. The molecule has 2 nitrogen and oxygen atoms in total. The number of rotatable bonds is 7. The van der Waals surface area contributed by atoms with Crippen LogP contribution in [0.4, 0.5) is 4.39 Å². The molecular weight excluding hydrogens is 281 g/mol. The van der Waals surface area contributed by atoms with Gasteiger partial charge in [0.05, 0.1) is 0 Å². The molecule has 1 aromatic carbocycles. The average Bonchev–Trinajstić information content (AvgIpc) is 2.43. The summed E-state index contributed by atoms with van der Waals surface area (Å²) >= 11 is 3.66. The highest BCUT2D eigenvalue weighted by molar-refractivity contribution is 7.99. The first-order chi connectivity index (χ1) is 9.31. The Morgan fingerprint density at radius 1 is 1.42 bits per heavy atom. The van der Waals surface area contributed by atoms with Gasteiger partial charge in [-0.1, -0.05) is 0 Å². The van der Waals surface area contributed by atoms with Gasteiger partial charge in [0, 0.05) is 29.8 Å². The van der Waals surface area contributed by atoms with Gasteiger partial charge in [-0.3, -0.25) is 0 Å². The molecule has 0 spiro atoms. The Kier molecular flexibility index (Phi) is 6.50. The molecule has 0 saturated carbocycles. The van der Waals surface area contributed by atoms with Crippen molar-refractivity contribution in [1.82, 2.24) is 5.32 Å². The second-order valence-corrected chi connectivity index (χ2v) is 6.88. The summed E-state index contributed by atoms with van der Waals surface area (Å²) in [4.78, 5) is 1.21. The molecule has 0 aliphatic carbocycles. The van der Waals surface area contributed by atoms with Gasteiger partial charge in [0.1, 0.15) is 5.82 Å². The van der Waals surface area contributed by atoms with Crippen molar-refractivity contribution >= 4 is 23.5 Å². The van der Waals surface area contributed by atoms with Crippen LogP contribution in [-0.4, -0.2) is 35.5 Å². The second-order valence-electron chi connectivity index (χ2n) is 4.52. The number of fused-ring (bicyclic) bond motifs is 1. The van der Waals surface area contributed by atoms with Gasteiger partial charge in [-0.25, -0.2) is 4.39 Å². The number of halogens is 1. The molecule has 0 bridgehead atoms. The number of aliphatic hydroxyl groups excluding tert-OH is 1. The summed E-state index contributed by atoms with van der Waals surface area (Å²) in [6, 6.07) is 5.38. The van der Waals surface area contributed by atoms with Gasteiger partial charge in [0.25, 0.3) is 0 Å². The number of thioether (sulfide) groups is 2. The first-order valence-electron chi connectivity index (χ1n) is 6.65. The van der Waals surface area contributed by atoms with Crippen LogP contribution >= 0.6 is 23.5 Å². The van der Waals surface area contributed by atoms with Crippen molar-refractivity contribution < 1.29 is 9.50 Å².